The van der Waals surface area contributed by atoms with Crippen molar-refractivity contribution in [1.82, 2.24) is 9.62 Å². The van der Waals surface area contributed by atoms with E-state index in [0.29, 0.717) is 31.8 Å². The van der Waals surface area contributed by atoms with Crippen LogP contribution >= 0.6 is 11.3 Å². The first kappa shape index (κ1) is 16.0. The average molecular weight is 342 g/mol. The van der Waals surface area contributed by atoms with Crippen LogP contribution in [0.1, 0.15) is 41.8 Å². The number of piperidine rings is 1. The Kier molecular flexibility index (Phi) is 4.31. The minimum Gasteiger partial charge on any atom is -0.338 e. The van der Waals surface area contributed by atoms with E-state index in [9.17, 15) is 13.2 Å². The molecule has 1 N–H and O–H groups in total. The third-order valence-corrected chi connectivity index (χ3v) is 6.18. The van der Waals surface area contributed by atoms with Gasteiger partial charge in [0.25, 0.3) is 5.91 Å². The zero-order chi connectivity index (χ0) is 15.8. The van der Waals surface area contributed by atoms with Gasteiger partial charge in [-0.25, -0.2) is 13.1 Å². The van der Waals surface area contributed by atoms with Crippen LogP contribution < -0.4 is 4.72 Å². The molecule has 2 fully saturated rings. The summed E-state index contributed by atoms with van der Waals surface area (Å²) in [6.45, 7) is 1.23. The predicted octanol–water partition coefficient (Wildman–Crippen LogP) is 2.07. The number of hydrogen-bond donors (Lipinski definition) is 1. The molecule has 0 bridgehead atoms. The molecule has 0 aromatic carbocycles. The molecule has 1 saturated carbocycles. The molecular formula is C15H22N2O3S2. The number of carbonyl (C=O) groups excluding carboxylic acids is 1. The monoisotopic (exact) mass is 342 g/mol. The summed E-state index contributed by atoms with van der Waals surface area (Å²) in [7, 11) is -3.23. The minimum atomic E-state index is -3.23. The maximum absolute atomic E-state index is 12.4. The van der Waals surface area contributed by atoms with Crippen molar-refractivity contribution in [1.29, 1.82) is 0 Å². The van der Waals surface area contributed by atoms with Crippen LogP contribution in [0.25, 0.3) is 0 Å². The number of rotatable bonds is 5. The molecular weight excluding hydrogens is 320 g/mol. The van der Waals surface area contributed by atoms with Gasteiger partial charge in [0.2, 0.25) is 10.0 Å². The quantitative estimate of drug-likeness (QED) is 0.891. The Labute approximate surface area is 135 Å². The Morgan fingerprint density at radius 3 is 2.59 bits per heavy atom. The van der Waals surface area contributed by atoms with E-state index in [0.717, 1.165) is 11.3 Å². The molecule has 2 aliphatic rings. The van der Waals surface area contributed by atoms with Crippen LogP contribution in [0, 0.1) is 5.92 Å². The Hall–Kier alpha value is -0.920. The lowest BCUT2D eigenvalue weighted by molar-refractivity contribution is 0.0654. The fraction of sp³-hybridized carbons (Fsp3) is 0.667. The molecule has 0 spiro atoms. The first-order valence-electron chi connectivity index (χ1n) is 7.69. The molecule has 0 radical (unpaired) electrons. The lowest BCUT2D eigenvalue weighted by Gasteiger charge is -2.42. The minimum absolute atomic E-state index is 0.0642. The number of nitrogens with one attached hydrogen (secondary N) is 1. The van der Waals surface area contributed by atoms with Crippen LogP contribution in [-0.4, -0.2) is 44.1 Å². The van der Waals surface area contributed by atoms with E-state index in [2.05, 4.69) is 4.72 Å². The van der Waals surface area contributed by atoms with Gasteiger partial charge in [-0.3, -0.25) is 4.79 Å². The molecule has 0 atom stereocenters. The van der Waals surface area contributed by atoms with Crippen molar-refractivity contribution in [3.8, 4) is 0 Å². The number of sulfonamides is 1. The largest absolute Gasteiger partial charge is 0.338 e. The van der Waals surface area contributed by atoms with E-state index in [1.807, 2.05) is 22.4 Å². The molecule has 2 heterocycles. The summed E-state index contributed by atoms with van der Waals surface area (Å²) in [5.41, 5.74) is -0.360. The molecule has 3 rings (SSSR count). The smallest absolute Gasteiger partial charge is 0.263 e. The summed E-state index contributed by atoms with van der Waals surface area (Å²) in [6.07, 6.45) is 5.93. The number of nitrogens with zero attached hydrogens (tertiary/aromatic N) is 1. The lowest BCUT2D eigenvalue weighted by atomic mass is 9.83. The van der Waals surface area contributed by atoms with Crippen molar-refractivity contribution in [2.45, 2.75) is 37.6 Å². The normalized spacial score (nSPS) is 21.8. The predicted molar refractivity (Wildman–Crippen MR) is 87.5 cm³/mol. The Morgan fingerprint density at radius 1 is 1.41 bits per heavy atom. The fourth-order valence-electron chi connectivity index (χ4n) is 3.31. The van der Waals surface area contributed by atoms with Crippen LogP contribution in [0.5, 0.6) is 0 Å². The third kappa shape index (κ3) is 3.88. The van der Waals surface area contributed by atoms with Crippen molar-refractivity contribution in [3.05, 3.63) is 22.4 Å². The Balaban J connectivity index is 1.67. The molecule has 0 unspecified atom stereocenters. The summed E-state index contributed by atoms with van der Waals surface area (Å²) >= 11 is 1.45. The second kappa shape index (κ2) is 5.94. The fourth-order valence-corrected chi connectivity index (χ4v) is 5.07. The van der Waals surface area contributed by atoms with Crippen molar-refractivity contribution in [3.63, 3.8) is 0 Å². The highest BCUT2D eigenvalue weighted by molar-refractivity contribution is 7.88. The van der Waals surface area contributed by atoms with Gasteiger partial charge in [-0.2, -0.15) is 0 Å². The van der Waals surface area contributed by atoms with Crippen molar-refractivity contribution in [2.24, 2.45) is 5.92 Å². The van der Waals surface area contributed by atoms with Crippen LogP contribution in [-0.2, 0) is 10.0 Å². The molecule has 1 aromatic heterocycles. The van der Waals surface area contributed by atoms with Crippen molar-refractivity contribution < 1.29 is 13.2 Å². The maximum Gasteiger partial charge on any atom is 0.263 e. The summed E-state index contributed by atoms with van der Waals surface area (Å²) in [4.78, 5) is 15.0. The number of hydrogen-bond acceptors (Lipinski definition) is 4. The van der Waals surface area contributed by atoms with Gasteiger partial charge < -0.3 is 4.90 Å². The van der Waals surface area contributed by atoms with Gasteiger partial charge in [-0.1, -0.05) is 18.9 Å². The molecule has 7 heteroatoms. The summed E-state index contributed by atoms with van der Waals surface area (Å²) in [5, 5.41) is 1.90. The second-order valence-corrected chi connectivity index (χ2v) is 9.27. The van der Waals surface area contributed by atoms with E-state index >= 15 is 0 Å². The maximum atomic E-state index is 12.4. The molecule has 1 aromatic rings. The standard InChI is InChI=1S/C15H22N2O3S2/c1-22(19,20)16-15(11-12-4-5-12)6-8-17(9-7-15)14(18)13-3-2-10-21-13/h2-3,10,12,16H,4-9,11H2,1H3. The SMILES string of the molecule is CS(=O)(=O)NC1(CC2CC2)CCN(C(=O)c2cccs2)CC1. The van der Waals surface area contributed by atoms with Crippen molar-refractivity contribution in [2.75, 3.05) is 19.3 Å². The molecule has 1 saturated heterocycles. The topological polar surface area (TPSA) is 66.5 Å². The molecule has 122 valence electrons. The highest BCUT2D eigenvalue weighted by Gasteiger charge is 2.42. The van der Waals surface area contributed by atoms with E-state index in [4.69, 9.17) is 0 Å². The van der Waals surface area contributed by atoms with Gasteiger partial charge in [-0.15, -0.1) is 11.3 Å². The Morgan fingerprint density at radius 2 is 2.09 bits per heavy atom. The molecule has 1 aliphatic heterocycles. The zero-order valence-corrected chi connectivity index (χ0v) is 14.4. The number of amides is 1. The average Bonchev–Trinajstić information content (AvgIpc) is 3.06. The second-order valence-electron chi connectivity index (χ2n) is 6.57. The van der Waals surface area contributed by atoms with Gasteiger partial charge in [-0.05, 0) is 36.6 Å². The molecule has 22 heavy (non-hydrogen) atoms. The first-order chi connectivity index (χ1) is 10.4. The zero-order valence-electron chi connectivity index (χ0n) is 12.7. The number of likely N-dealkylation sites (tertiary alicyclic amines) is 1. The molecule has 1 aliphatic carbocycles. The van der Waals surface area contributed by atoms with Crippen LogP contribution in [0.15, 0.2) is 17.5 Å². The van der Waals surface area contributed by atoms with Crippen LogP contribution in [0.2, 0.25) is 0 Å². The van der Waals surface area contributed by atoms with E-state index in [-0.39, 0.29) is 11.4 Å². The molecule has 1 amide bonds. The van der Waals surface area contributed by atoms with Gasteiger partial charge in [0, 0.05) is 18.6 Å². The summed E-state index contributed by atoms with van der Waals surface area (Å²) < 4.78 is 26.3. The highest BCUT2D eigenvalue weighted by atomic mass is 32.2. The Bertz CT molecular complexity index is 628. The summed E-state index contributed by atoms with van der Waals surface area (Å²) in [6, 6.07) is 3.72. The first-order valence-corrected chi connectivity index (χ1v) is 10.5. The van der Waals surface area contributed by atoms with Gasteiger partial charge in [0.05, 0.1) is 11.1 Å². The summed E-state index contributed by atoms with van der Waals surface area (Å²) in [5.74, 6) is 0.711. The number of carbonyl (C=O) groups is 1. The van der Waals surface area contributed by atoms with Gasteiger partial charge in [0.1, 0.15) is 0 Å². The van der Waals surface area contributed by atoms with Crippen LogP contribution in [0.4, 0.5) is 0 Å². The third-order valence-electron chi connectivity index (χ3n) is 4.52. The van der Waals surface area contributed by atoms with Crippen LogP contribution in [0.3, 0.4) is 0 Å². The van der Waals surface area contributed by atoms with E-state index in [1.165, 1.54) is 30.4 Å². The number of thiophene rings is 1. The van der Waals surface area contributed by atoms with Crippen molar-refractivity contribution >= 4 is 27.3 Å². The molecule has 5 nitrogen and oxygen atoms in total. The highest BCUT2D eigenvalue weighted by Crippen LogP contribution is 2.41. The van der Waals surface area contributed by atoms with Gasteiger partial charge >= 0.3 is 0 Å². The van der Waals surface area contributed by atoms with E-state index < -0.39 is 10.0 Å². The van der Waals surface area contributed by atoms with E-state index in [1.54, 1.807) is 0 Å². The van der Waals surface area contributed by atoms with Gasteiger partial charge in [0.15, 0.2) is 0 Å². The lowest BCUT2D eigenvalue weighted by Crippen LogP contribution is -2.56.